The van der Waals surface area contributed by atoms with Gasteiger partial charge in [-0.25, -0.2) is 4.39 Å². The first kappa shape index (κ1) is 9.00. The predicted octanol–water partition coefficient (Wildman–Crippen LogP) is 3.19. The Hall–Kier alpha value is -0.0900. The molecule has 0 saturated carbocycles. The molecule has 0 aliphatic heterocycles. The topological polar surface area (TPSA) is 20.2 Å². The van der Waals surface area contributed by atoms with Crippen LogP contribution in [0.4, 0.5) is 4.39 Å². The van der Waals surface area contributed by atoms with Crippen LogP contribution < -0.4 is 0 Å². The Morgan fingerprint density at radius 1 is 1.45 bits per heavy atom. The molecule has 0 bridgehead atoms. The second-order valence-electron chi connectivity index (χ2n) is 1.99. The molecule has 1 aromatic carbocycles. The van der Waals surface area contributed by atoms with E-state index in [1.807, 2.05) is 0 Å². The molecule has 1 rings (SSSR count). The summed E-state index contributed by atoms with van der Waals surface area (Å²) >= 11 is 6.09. The van der Waals surface area contributed by atoms with Gasteiger partial charge in [0.2, 0.25) is 0 Å². The lowest BCUT2D eigenvalue weighted by Gasteiger charge is -2.02. The number of phenolic OH excluding ortho intramolecular Hbond substituents is 1. The smallest absolute Gasteiger partial charge is 0.145 e. The maximum Gasteiger partial charge on any atom is 0.145 e. The minimum atomic E-state index is -0.415. The Kier molecular flexibility index (Phi) is 2.90. The van der Waals surface area contributed by atoms with Crippen LogP contribution >= 0.6 is 31.9 Å². The fraction of sp³-hybridized carbons (Fsp3) is 0.143. The summed E-state index contributed by atoms with van der Waals surface area (Å²) in [6, 6.07) is 2.92. The summed E-state index contributed by atoms with van der Waals surface area (Å²) < 4.78 is 13.4. The summed E-state index contributed by atoms with van der Waals surface area (Å²) in [7, 11) is 0. The average Bonchev–Trinajstić information content (AvgIpc) is 1.99. The highest BCUT2D eigenvalue weighted by molar-refractivity contribution is 9.10. The number of alkyl halides is 1. The molecule has 11 heavy (non-hydrogen) atoms. The van der Waals surface area contributed by atoms with Gasteiger partial charge in [0, 0.05) is 10.9 Å². The van der Waals surface area contributed by atoms with Crippen LogP contribution in [0.15, 0.2) is 16.6 Å². The molecule has 0 atom stereocenters. The van der Waals surface area contributed by atoms with Crippen molar-refractivity contribution in [3.05, 3.63) is 28.0 Å². The van der Waals surface area contributed by atoms with Crippen molar-refractivity contribution in [2.24, 2.45) is 0 Å². The van der Waals surface area contributed by atoms with E-state index < -0.39 is 5.82 Å². The van der Waals surface area contributed by atoms with Crippen LogP contribution in [-0.2, 0) is 5.33 Å². The van der Waals surface area contributed by atoms with Crippen LogP contribution in [0.25, 0.3) is 0 Å². The Morgan fingerprint density at radius 2 is 2.09 bits per heavy atom. The van der Waals surface area contributed by atoms with Crippen LogP contribution in [0, 0.1) is 5.82 Å². The highest BCUT2D eigenvalue weighted by Crippen LogP contribution is 2.28. The summed E-state index contributed by atoms with van der Waals surface area (Å²) in [4.78, 5) is 0. The maximum atomic E-state index is 13.0. The van der Waals surface area contributed by atoms with Gasteiger partial charge in [-0.2, -0.15) is 0 Å². The average molecular weight is 284 g/mol. The molecular formula is C7H5Br2FO. The number of hydrogen-bond donors (Lipinski definition) is 1. The van der Waals surface area contributed by atoms with Crippen LogP contribution in [0.5, 0.6) is 5.75 Å². The van der Waals surface area contributed by atoms with Gasteiger partial charge < -0.3 is 5.11 Å². The molecule has 1 aromatic rings. The Balaban J connectivity index is 3.29. The normalized spacial score (nSPS) is 10.1. The van der Waals surface area contributed by atoms with E-state index in [1.165, 1.54) is 12.1 Å². The van der Waals surface area contributed by atoms with Crippen molar-refractivity contribution in [3.63, 3.8) is 0 Å². The third-order valence-corrected chi connectivity index (χ3v) is 2.48. The molecule has 0 amide bonds. The maximum absolute atomic E-state index is 13.0. The van der Waals surface area contributed by atoms with Crippen LogP contribution in [-0.4, -0.2) is 5.11 Å². The molecule has 0 unspecified atom stereocenters. The summed E-state index contributed by atoms with van der Waals surface area (Å²) in [5.41, 5.74) is 0.277. The van der Waals surface area contributed by atoms with E-state index in [2.05, 4.69) is 31.9 Å². The first-order valence-corrected chi connectivity index (χ1v) is 4.80. The van der Waals surface area contributed by atoms with E-state index in [4.69, 9.17) is 5.11 Å². The van der Waals surface area contributed by atoms with Crippen LogP contribution in [0.2, 0.25) is 0 Å². The largest absolute Gasteiger partial charge is 0.508 e. The number of rotatable bonds is 1. The molecule has 0 aliphatic carbocycles. The summed E-state index contributed by atoms with van der Waals surface area (Å²) in [6.07, 6.45) is 0. The predicted molar refractivity (Wildman–Crippen MR) is 48.4 cm³/mol. The van der Waals surface area contributed by atoms with Crippen molar-refractivity contribution in [1.82, 2.24) is 0 Å². The van der Waals surface area contributed by atoms with Crippen molar-refractivity contribution in [1.29, 1.82) is 0 Å². The molecule has 0 spiro atoms. The van der Waals surface area contributed by atoms with E-state index in [9.17, 15) is 4.39 Å². The Bertz CT molecular complexity index is 275. The second kappa shape index (κ2) is 3.54. The van der Waals surface area contributed by atoms with Gasteiger partial charge in [-0.3, -0.25) is 0 Å². The van der Waals surface area contributed by atoms with Gasteiger partial charge in [0.15, 0.2) is 0 Å². The number of benzene rings is 1. The van der Waals surface area contributed by atoms with E-state index >= 15 is 0 Å². The van der Waals surface area contributed by atoms with E-state index in [-0.39, 0.29) is 11.3 Å². The van der Waals surface area contributed by atoms with Gasteiger partial charge in [-0.05, 0) is 28.1 Å². The standard InChI is InChI=1S/C7H5Br2FO/c8-3-4-6(11)2-1-5(9)7(4)10/h1-2,11H,3H2. The highest BCUT2D eigenvalue weighted by atomic mass is 79.9. The lowest BCUT2D eigenvalue weighted by Crippen LogP contribution is -1.87. The summed E-state index contributed by atoms with van der Waals surface area (Å²) in [5, 5.41) is 9.43. The van der Waals surface area contributed by atoms with Crippen LogP contribution in [0.3, 0.4) is 0 Å². The molecular weight excluding hydrogens is 279 g/mol. The molecule has 0 aromatic heterocycles. The summed E-state index contributed by atoms with van der Waals surface area (Å²) in [5.74, 6) is -0.440. The molecule has 0 aliphatic rings. The van der Waals surface area contributed by atoms with E-state index in [0.717, 1.165) is 0 Å². The SMILES string of the molecule is Oc1ccc(Br)c(F)c1CBr. The quantitative estimate of drug-likeness (QED) is 0.785. The third kappa shape index (κ3) is 1.73. The number of aromatic hydroxyl groups is 1. The first-order valence-electron chi connectivity index (χ1n) is 2.88. The molecule has 0 radical (unpaired) electrons. The molecule has 1 nitrogen and oxygen atoms in total. The fourth-order valence-electron chi connectivity index (χ4n) is 0.710. The first-order chi connectivity index (χ1) is 5.16. The monoisotopic (exact) mass is 282 g/mol. The number of phenols is 1. The molecule has 0 saturated heterocycles. The van der Waals surface area contributed by atoms with Gasteiger partial charge in [-0.1, -0.05) is 15.9 Å². The number of halogens is 3. The van der Waals surface area contributed by atoms with Crippen molar-refractivity contribution < 1.29 is 9.50 Å². The van der Waals surface area contributed by atoms with Gasteiger partial charge in [-0.15, -0.1) is 0 Å². The lowest BCUT2D eigenvalue weighted by molar-refractivity contribution is 0.462. The van der Waals surface area contributed by atoms with Gasteiger partial charge in [0.25, 0.3) is 0 Å². The highest BCUT2D eigenvalue weighted by Gasteiger charge is 2.09. The Labute approximate surface area is 80.5 Å². The minimum Gasteiger partial charge on any atom is -0.508 e. The van der Waals surface area contributed by atoms with Gasteiger partial charge in [0.05, 0.1) is 4.47 Å². The molecule has 4 heteroatoms. The zero-order valence-electron chi connectivity index (χ0n) is 5.44. The van der Waals surface area contributed by atoms with Crippen molar-refractivity contribution >= 4 is 31.9 Å². The molecule has 0 heterocycles. The van der Waals surface area contributed by atoms with Gasteiger partial charge in [0.1, 0.15) is 11.6 Å². The van der Waals surface area contributed by atoms with Crippen molar-refractivity contribution in [3.8, 4) is 5.75 Å². The van der Waals surface area contributed by atoms with E-state index in [1.54, 1.807) is 0 Å². The fourth-order valence-corrected chi connectivity index (χ4v) is 1.61. The molecule has 0 fully saturated rings. The van der Waals surface area contributed by atoms with Crippen molar-refractivity contribution in [2.45, 2.75) is 5.33 Å². The summed E-state index contributed by atoms with van der Waals surface area (Å²) in [6.45, 7) is 0. The van der Waals surface area contributed by atoms with E-state index in [0.29, 0.717) is 9.80 Å². The molecule has 60 valence electrons. The minimum absolute atomic E-state index is 0.0254. The third-order valence-electron chi connectivity index (χ3n) is 1.30. The lowest BCUT2D eigenvalue weighted by atomic mass is 10.2. The second-order valence-corrected chi connectivity index (χ2v) is 3.41. The van der Waals surface area contributed by atoms with Crippen LogP contribution in [0.1, 0.15) is 5.56 Å². The van der Waals surface area contributed by atoms with Crippen molar-refractivity contribution in [2.75, 3.05) is 0 Å². The Morgan fingerprint density at radius 3 is 2.55 bits per heavy atom. The molecule has 1 N–H and O–H groups in total. The zero-order valence-corrected chi connectivity index (χ0v) is 8.61. The number of hydrogen-bond acceptors (Lipinski definition) is 1. The zero-order chi connectivity index (χ0) is 8.43. The van der Waals surface area contributed by atoms with Gasteiger partial charge >= 0.3 is 0 Å².